The highest BCUT2D eigenvalue weighted by atomic mass is 19.1. The van der Waals surface area contributed by atoms with E-state index < -0.39 is 0 Å². The highest BCUT2D eigenvalue weighted by Gasteiger charge is 2.22. The van der Waals surface area contributed by atoms with Gasteiger partial charge >= 0.3 is 0 Å². The summed E-state index contributed by atoms with van der Waals surface area (Å²) in [5.41, 5.74) is 2.10. The summed E-state index contributed by atoms with van der Waals surface area (Å²) in [5, 5.41) is 12.6. The van der Waals surface area contributed by atoms with Crippen LogP contribution in [0.1, 0.15) is 23.6 Å². The minimum Gasteiger partial charge on any atom is -0.396 e. The van der Waals surface area contributed by atoms with E-state index in [0.29, 0.717) is 6.42 Å². The summed E-state index contributed by atoms with van der Waals surface area (Å²) in [6.07, 6.45) is 0.701. The fraction of sp³-hybridized carbons (Fsp3) is 0.571. The fourth-order valence-corrected chi connectivity index (χ4v) is 2.66. The van der Waals surface area contributed by atoms with Crippen molar-refractivity contribution in [2.45, 2.75) is 19.4 Å². The first-order valence-corrected chi connectivity index (χ1v) is 6.54. The number of piperazine rings is 1. The van der Waals surface area contributed by atoms with Crippen molar-refractivity contribution in [1.29, 1.82) is 0 Å². The number of aryl methyl sites for hydroxylation is 1. The molecule has 3 nitrogen and oxygen atoms in total. The summed E-state index contributed by atoms with van der Waals surface area (Å²) < 4.78 is 13.2. The maximum Gasteiger partial charge on any atom is 0.123 e. The molecule has 0 aliphatic carbocycles. The van der Waals surface area contributed by atoms with Crippen LogP contribution in [-0.2, 0) is 0 Å². The standard InChI is InChI=1S/C14H21FN2O/c1-11-10-12(15)2-3-13(11)14(4-9-18)17-7-5-16-6-8-17/h2-3,10,14,16,18H,4-9H2,1H3/t14-/m1/s1. The number of benzene rings is 1. The predicted molar refractivity (Wildman–Crippen MR) is 70.0 cm³/mol. The van der Waals surface area contributed by atoms with Crippen LogP contribution >= 0.6 is 0 Å². The molecule has 100 valence electrons. The van der Waals surface area contributed by atoms with Gasteiger partial charge < -0.3 is 10.4 Å². The Morgan fingerprint density at radius 2 is 2.11 bits per heavy atom. The molecule has 0 spiro atoms. The van der Waals surface area contributed by atoms with Crippen molar-refractivity contribution in [3.05, 3.63) is 35.1 Å². The first kappa shape index (κ1) is 13.5. The molecule has 0 amide bonds. The van der Waals surface area contributed by atoms with E-state index in [9.17, 15) is 9.50 Å². The molecular formula is C14H21FN2O. The quantitative estimate of drug-likeness (QED) is 0.851. The molecule has 0 unspecified atom stereocenters. The van der Waals surface area contributed by atoms with E-state index in [2.05, 4.69) is 10.2 Å². The maximum absolute atomic E-state index is 13.2. The lowest BCUT2D eigenvalue weighted by Crippen LogP contribution is -2.45. The van der Waals surface area contributed by atoms with Gasteiger partial charge in [0.2, 0.25) is 0 Å². The second-order valence-corrected chi connectivity index (χ2v) is 4.81. The number of hydrogen-bond donors (Lipinski definition) is 2. The Hall–Kier alpha value is -0.970. The minimum atomic E-state index is -0.195. The number of nitrogens with zero attached hydrogens (tertiary/aromatic N) is 1. The van der Waals surface area contributed by atoms with Crippen LogP contribution in [0.3, 0.4) is 0 Å². The minimum absolute atomic E-state index is 0.158. The van der Waals surface area contributed by atoms with E-state index in [-0.39, 0.29) is 18.5 Å². The van der Waals surface area contributed by atoms with Crippen LogP contribution in [-0.4, -0.2) is 42.8 Å². The fourth-order valence-electron chi connectivity index (χ4n) is 2.66. The normalized spacial score (nSPS) is 18.8. The molecule has 1 aliphatic heterocycles. The third kappa shape index (κ3) is 3.07. The van der Waals surface area contributed by atoms with Crippen LogP contribution in [0.4, 0.5) is 4.39 Å². The van der Waals surface area contributed by atoms with E-state index in [1.54, 1.807) is 6.07 Å². The number of aliphatic hydroxyl groups is 1. The third-order valence-electron chi connectivity index (χ3n) is 3.59. The Balaban J connectivity index is 2.22. The number of hydrogen-bond acceptors (Lipinski definition) is 3. The maximum atomic E-state index is 13.2. The summed E-state index contributed by atoms with van der Waals surface area (Å²) in [6, 6.07) is 5.13. The first-order valence-electron chi connectivity index (χ1n) is 6.54. The summed E-state index contributed by atoms with van der Waals surface area (Å²) in [6.45, 7) is 5.99. The topological polar surface area (TPSA) is 35.5 Å². The van der Waals surface area contributed by atoms with Crippen molar-refractivity contribution < 1.29 is 9.50 Å². The molecule has 2 rings (SSSR count). The van der Waals surface area contributed by atoms with Crippen LogP contribution in [0.15, 0.2) is 18.2 Å². The van der Waals surface area contributed by atoms with E-state index in [1.165, 1.54) is 6.07 Å². The Labute approximate surface area is 108 Å². The Kier molecular flexibility index (Phi) is 4.69. The Morgan fingerprint density at radius 3 is 2.72 bits per heavy atom. The van der Waals surface area contributed by atoms with Crippen LogP contribution in [0, 0.1) is 12.7 Å². The van der Waals surface area contributed by atoms with Crippen molar-refractivity contribution in [3.8, 4) is 0 Å². The highest BCUT2D eigenvalue weighted by molar-refractivity contribution is 5.29. The molecule has 18 heavy (non-hydrogen) atoms. The van der Waals surface area contributed by atoms with Crippen LogP contribution < -0.4 is 5.32 Å². The largest absolute Gasteiger partial charge is 0.396 e. The Bertz CT molecular complexity index is 391. The number of nitrogens with one attached hydrogen (secondary N) is 1. The molecular weight excluding hydrogens is 231 g/mol. The number of halogens is 1. The van der Waals surface area contributed by atoms with Gasteiger partial charge in [0, 0.05) is 38.8 Å². The van der Waals surface area contributed by atoms with E-state index in [4.69, 9.17) is 0 Å². The van der Waals surface area contributed by atoms with Crippen LogP contribution in [0.25, 0.3) is 0 Å². The predicted octanol–water partition coefficient (Wildman–Crippen LogP) is 1.46. The molecule has 2 N–H and O–H groups in total. The van der Waals surface area contributed by atoms with Gasteiger partial charge in [0.15, 0.2) is 0 Å². The molecule has 0 aromatic heterocycles. The van der Waals surface area contributed by atoms with Crippen molar-refractivity contribution in [2.75, 3.05) is 32.8 Å². The first-order chi connectivity index (χ1) is 8.72. The van der Waals surface area contributed by atoms with Crippen molar-refractivity contribution >= 4 is 0 Å². The Morgan fingerprint density at radius 1 is 1.39 bits per heavy atom. The highest BCUT2D eigenvalue weighted by Crippen LogP contribution is 2.27. The van der Waals surface area contributed by atoms with Crippen LogP contribution in [0.5, 0.6) is 0 Å². The molecule has 1 aromatic rings. The average molecular weight is 252 g/mol. The lowest BCUT2D eigenvalue weighted by molar-refractivity contribution is 0.140. The molecule has 1 heterocycles. The lowest BCUT2D eigenvalue weighted by Gasteiger charge is -2.35. The van der Waals surface area contributed by atoms with Gasteiger partial charge in [0.1, 0.15) is 5.82 Å². The lowest BCUT2D eigenvalue weighted by atomic mass is 9.97. The molecule has 1 aromatic carbocycles. The summed E-state index contributed by atoms with van der Waals surface area (Å²) in [5.74, 6) is -0.195. The molecule has 4 heteroatoms. The molecule has 1 saturated heterocycles. The second-order valence-electron chi connectivity index (χ2n) is 4.81. The average Bonchev–Trinajstić information content (AvgIpc) is 2.38. The van der Waals surface area contributed by atoms with Gasteiger partial charge in [-0.25, -0.2) is 4.39 Å². The second kappa shape index (κ2) is 6.27. The van der Waals surface area contributed by atoms with E-state index in [1.807, 2.05) is 13.0 Å². The van der Waals surface area contributed by atoms with E-state index in [0.717, 1.165) is 37.3 Å². The molecule has 0 radical (unpaired) electrons. The van der Waals surface area contributed by atoms with Gasteiger partial charge in [-0.15, -0.1) is 0 Å². The van der Waals surface area contributed by atoms with Gasteiger partial charge in [-0.2, -0.15) is 0 Å². The molecule has 1 aliphatic rings. The van der Waals surface area contributed by atoms with Crippen LogP contribution in [0.2, 0.25) is 0 Å². The van der Waals surface area contributed by atoms with Crippen molar-refractivity contribution in [1.82, 2.24) is 10.2 Å². The van der Waals surface area contributed by atoms with Gasteiger partial charge in [-0.1, -0.05) is 6.07 Å². The zero-order valence-electron chi connectivity index (χ0n) is 10.8. The van der Waals surface area contributed by atoms with Gasteiger partial charge in [0.25, 0.3) is 0 Å². The van der Waals surface area contributed by atoms with Gasteiger partial charge in [-0.3, -0.25) is 4.90 Å². The zero-order chi connectivity index (χ0) is 13.0. The summed E-state index contributed by atoms with van der Waals surface area (Å²) >= 11 is 0. The SMILES string of the molecule is Cc1cc(F)ccc1[C@@H](CCO)N1CCNCC1. The summed E-state index contributed by atoms with van der Waals surface area (Å²) in [7, 11) is 0. The molecule has 1 fully saturated rings. The number of aliphatic hydroxyl groups excluding tert-OH is 1. The van der Waals surface area contributed by atoms with Gasteiger partial charge in [-0.05, 0) is 36.6 Å². The molecule has 0 bridgehead atoms. The smallest absolute Gasteiger partial charge is 0.123 e. The zero-order valence-corrected chi connectivity index (χ0v) is 10.8. The van der Waals surface area contributed by atoms with E-state index >= 15 is 0 Å². The van der Waals surface area contributed by atoms with Gasteiger partial charge in [0.05, 0.1) is 0 Å². The number of rotatable bonds is 4. The van der Waals surface area contributed by atoms with Crippen molar-refractivity contribution in [3.63, 3.8) is 0 Å². The summed E-state index contributed by atoms with van der Waals surface area (Å²) in [4.78, 5) is 2.37. The molecule has 0 saturated carbocycles. The third-order valence-corrected chi connectivity index (χ3v) is 3.59. The molecule has 1 atom stereocenters. The monoisotopic (exact) mass is 252 g/mol. The van der Waals surface area contributed by atoms with Crippen molar-refractivity contribution in [2.24, 2.45) is 0 Å².